The van der Waals surface area contributed by atoms with Crippen molar-refractivity contribution in [2.24, 2.45) is 0 Å². The molecule has 0 bridgehead atoms. The molecule has 3 rings (SSSR count). The van der Waals surface area contributed by atoms with Crippen molar-refractivity contribution in [1.29, 1.82) is 0 Å². The SMILES string of the molecule is CS(=O)(=O)c1cc([N+](=O)[O-])c(NCc2ccccc2Cn2cccn2)s1. The Hall–Kier alpha value is -2.72. The third-order valence-corrected chi connectivity index (χ3v) is 6.58. The number of sulfone groups is 1. The van der Waals surface area contributed by atoms with Gasteiger partial charge in [0, 0.05) is 31.3 Å². The molecule has 0 atom stereocenters. The smallest absolute Gasteiger partial charge is 0.304 e. The van der Waals surface area contributed by atoms with Crippen LogP contribution in [0.2, 0.25) is 0 Å². The van der Waals surface area contributed by atoms with E-state index >= 15 is 0 Å². The molecule has 0 radical (unpaired) electrons. The number of anilines is 1. The van der Waals surface area contributed by atoms with Crippen molar-refractivity contribution in [3.05, 3.63) is 70.0 Å². The second-order valence-electron chi connectivity index (χ2n) is 5.63. The lowest BCUT2D eigenvalue weighted by molar-refractivity contribution is -0.383. The van der Waals surface area contributed by atoms with E-state index in [0.29, 0.717) is 13.1 Å². The first-order valence-corrected chi connectivity index (χ1v) is 10.3. The highest BCUT2D eigenvalue weighted by molar-refractivity contribution is 7.92. The van der Waals surface area contributed by atoms with Gasteiger partial charge in [0.15, 0.2) is 14.8 Å². The van der Waals surface area contributed by atoms with Crippen molar-refractivity contribution in [2.75, 3.05) is 11.6 Å². The number of aromatic nitrogens is 2. The summed E-state index contributed by atoms with van der Waals surface area (Å²) in [5.74, 6) is 0. The molecule has 26 heavy (non-hydrogen) atoms. The van der Waals surface area contributed by atoms with Gasteiger partial charge in [0.05, 0.1) is 11.5 Å². The number of thiophene rings is 1. The third kappa shape index (κ3) is 4.09. The minimum atomic E-state index is -3.50. The first kappa shape index (κ1) is 18.1. The second kappa shape index (κ2) is 7.26. The van der Waals surface area contributed by atoms with Crippen LogP contribution in [0.3, 0.4) is 0 Å². The van der Waals surface area contributed by atoms with Crippen molar-refractivity contribution < 1.29 is 13.3 Å². The first-order chi connectivity index (χ1) is 12.3. The first-order valence-electron chi connectivity index (χ1n) is 7.61. The molecular weight excluding hydrogens is 376 g/mol. The third-order valence-electron chi connectivity index (χ3n) is 3.70. The molecule has 3 aromatic rings. The predicted molar refractivity (Wildman–Crippen MR) is 99.2 cm³/mol. The number of rotatable bonds is 7. The quantitative estimate of drug-likeness (QED) is 0.489. The van der Waals surface area contributed by atoms with E-state index in [0.717, 1.165) is 34.8 Å². The predicted octanol–water partition coefficient (Wildman–Crippen LogP) is 2.92. The minimum Gasteiger partial charge on any atom is -0.367 e. The van der Waals surface area contributed by atoms with Gasteiger partial charge in [-0.05, 0) is 17.2 Å². The van der Waals surface area contributed by atoms with E-state index in [1.165, 1.54) is 0 Å². The molecule has 2 aromatic heterocycles. The van der Waals surface area contributed by atoms with Gasteiger partial charge in [-0.25, -0.2) is 8.42 Å². The number of nitrogens with one attached hydrogen (secondary N) is 1. The summed E-state index contributed by atoms with van der Waals surface area (Å²) in [5, 5.41) is 18.6. The Morgan fingerprint density at radius 2 is 2.00 bits per heavy atom. The van der Waals surface area contributed by atoms with Crippen LogP contribution in [0.25, 0.3) is 0 Å². The molecule has 0 amide bonds. The Morgan fingerprint density at radius 3 is 2.62 bits per heavy atom. The number of hydrogen-bond acceptors (Lipinski definition) is 7. The summed E-state index contributed by atoms with van der Waals surface area (Å²) in [6, 6.07) is 10.6. The number of benzene rings is 1. The van der Waals surface area contributed by atoms with Gasteiger partial charge in [0.1, 0.15) is 4.21 Å². The van der Waals surface area contributed by atoms with Gasteiger partial charge >= 0.3 is 5.69 Å². The summed E-state index contributed by atoms with van der Waals surface area (Å²) in [5.41, 5.74) is 1.73. The summed E-state index contributed by atoms with van der Waals surface area (Å²) in [6.07, 6.45) is 4.58. The number of nitrogens with zero attached hydrogens (tertiary/aromatic N) is 3. The molecular formula is C16H16N4O4S2. The zero-order valence-electron chi connectivity index (χ0n) is 13.8. The number of nitro groups is 1. The van der Waals surface area contributed by atoms with Crippen LogP contribution in [-0.2, 0) is 22.9 Å². The fourth-order valence-electron chi connectivity index (χ4n) is 2.43. The highest BCUT2D eigenvalue weighted by atomic mass is 32.2. The van der Waals surface area contributed by atoms with Crippen molar-refractivity contribution in [2.45, 2.75) is 17.3 Å². The summed E-state index contributed by atoms with van der Waals surface area (Å²) in [6.45, 7) is 0.911. The van der Waals surface area contributed by atoms with E-state index in [-0.39, 0.29) is 14.9 Å². The van der Waals surface area contributed by atoms with Crippen molar-refractivity contribution in [1.82, 2.24) is 9.78 Å². The maximum absolute atomic E-state index is 11.7. The summed E-state index contributed by atoms with van der Waals surface area (Å²) >= 11 is 0.867. The Morgan fingerprint density at radius 1 is 1.27 bits per heavy atom. The molecule has 0 unspecified atom stereocenters. The van der Waals surface area contributed by atoms with Crippen LogP contribution in [-0.4, -0.2) is 29.4 Å². The molecule has 0 aliphatic carbocycles. The van der Waals surface area contributed by atoms with Gasteiger partial charge in [0.2, 0.25) is 0 Å². The van der Waals surface area contributed by atoms with Crippen molar-refractivity contribution in [3.8, 4) is 0 Å². The van der Waals surface area contributed by atoms with E-state index in [4.69, 9.17) is 0 Å². The monoisotopic (exact) mass is 392 g/mol. The molecule has 0 saturated heterocycles. The van der Waals surface area contributed by atoms with Crippen LogP contribution >= 0.6 is 11.3 Å². The molecule has 0 fully saturated rings. The van der Waals surface area contributed by atoms with E-state index in [2.05, 4.69) is 10.4 Å². The average molecular weight is 392 g/mol. The molecule has 10 heteroatoms. The van der Waals surface area contributed by atoms with Crippen LogP contribution in [0.4, 0.5) is 10.7 Å². The zero-order valence-corrected chi connectivity index (χ0v) is 15.5. The van der Waals surface area contributed by atoms with Crippen molar-refractivity contribution in [3.63, 3.8) is 0 Å². The minimum absolute atomic E-state index is 0.0310. The average Bonchev–Trinajstić information content (AvgIpc) is 3.23. The molecule has 0 saturated carbocycles. The van der Waals surface area contributed by atoms with Crippen LogP contribution in [0.5, 0.6) is 0 Å². The van der Waals surface area contributed by atoms with E-state index in [9.17, 15) is 18.5 Å². The lowest BCUT2D eigenvalue weighted by Crippen LogP contribution is -2.07. The zero-order chi connectivity index (χ0) is 18.7. The lowest BCUT2D eigenvalue weighted by Gasteiger charge is -2.10. The fraction of sp³-hybridized carbons (Fsp3) is 0.188. The van der Waals surface area contributed by atoms with Crippen molar-refractivity contribution >= 4 is 31.9 Å². The molecule has 0 aliphatic rings. The van der Waals surface area contributed by atoms with Crippen LogP contribution < -0.4 is 5.32 Å². The fourth-order valence-corrected chi connectivity index (χ4v) is 4.37. The summed E-state index contributed by atoms with van der Waals surface area (Å²) in [7, 11) is -3.50. The standard InChI is InChI=1S/C16H16N4O4S2/c1-26(23,24)15-9-14(20(21)22)16(25-15)17-10-12-5-2-3-6-13(12)11-19-8-4-7-18-19/h2-9,17H,10-11H2,1H3. The number of hydrogen-bond donors (Lipinski definition) is 1. The van der Waals surface area contributed by atoms with Gasteiger partial charge in [0.25, 0.3) is 0 Å². The molecule has 8 nitrogen and oxygen atoms in total. The molecule has 1 N–H and O–H groups in total. The Bertz CT molecular complexity index is 1030. The van der Waals surface area contributed by atoms with Crippen LogP contribution in [0, 0.1) is 10.1 Å². The summed E-state index contributed by atoms with van der Waals surface area (Å²) < 4.78 is 25.1. The van der Waals surface area contributed by atoms with E-state index in [1.54, 1.807) is 10.9 Å². The van der Waals surface area contributed by atoms with Gasteiger partial charge in [-0.2, -0.15) is 5.10 Å². The molecule has 1 aromatic carbocycles. The summed E-state index contributed by atoms with van der Waals surface area (Å²) in [4.78, 5) is 10.6. The molecule has 136 valence electrons. The molecule has 0 aliphatic heterocycles. The van der Waals surface area contributed by atoms with E-state index < -0.39 is 14.8 Å². The van der Waals surface area contributed by atoms with Gasteiger partial charge in [-0.15, -0.1) is 0 Å². The Balaban J connectivity index is 1.83. The topological polar surface area (TPSA) is 107 Å². The highest BCUT2D eigenvalue weighted by Crippen LogP contribution is 2.37. The lowest BCUT2D eigenvalue weighted by atomic mass is 10.1. The Kier molecular flexibility index (Phi) is 5.05. The maximum atomic E-state index is 11.7. The largest absolute Gasteiger partial charge is 0.367 e. The highest BCUT2D eigenvalue weighted by Gasteiger charge is 2.23. The van der Waals surface area contributed by atoms with Gasteiger partial charge in [-0.3, -0.25) is 14.8 Å². The van der Waals surface area contributed by atoms with Gasteiger partial charge < -0.3 is 5.32 Å². The van der Waals surface area contributed by atoms with Crippen LogP contribution in [0.15, 0.2) is 53.0 Å². The second-order valence-corrected chi connectivity index (χ2v) is 8.93. The normalized spacial score (nSPS) is 11.4. The van der Waals surface area contributed by atoms with Gasteiger partial charge in [-0.1, -0.05) is 35.6 Å². The van der Waals surface area contributed by atoms with Crippen LogP contribution in [0.1, 0.15) is 11.1 Å². The Labute approximate surface area is 154 Å². The maximum Gasteiger partial charge on any atom is 0.304 e. The molecule has 0 spiro atoms. The van der Waals surface area contributed by atoms with E-state index in [1.807, 2.05) is 36.5 Å². The molecule has 2 heterocycles.